The van der Waals surface area contributed by atoms with Gasteiger partial charge in [-0.25, -0.2) is 4.39 Å². The second-order valence-corrected chi connectivity index (χ2v) is 7.78. The van der Waals surface area contributed by atoms with Gasteiger partial charge in [-0.2, -0.15) is 5.26 Å². The van der Waals surface area contributed by atoms with Gasteiger partial charge < -0.3 is 9.80 Å². The molecule has 1 aromatic carbocycles. The maximum absolute atomic E-state index is 13.9. The molecule has 4 rings (SSSR count). The number of nitrogens with zero attached hydrogens (tertiary/aromatic N) is 4. The highest BCUT2D eigenvalue weighted by molar-refractivity contribution is 7.13. The minimum absolute atomic E-state index is 0.0490. The highest BCUT2D eigenvalue weighted by atomic mass is 32.1. The molecule has 0 aliphatic carbocycles. The number of carbonyl (C=O) groups excluding carboxylic acids is 1. The molecule has 1 saturated heterocycles. The molecule has 0 radical (unpaired) electrons. The molecule has 0 unspecified atom stereocenters. The molecular weight excluding hydrogens is 387 g/mol. The lowest BCUT2D eigenvalue weighted by molar-refractivity contribution is 0.0745. The maximum Gasteiger partial charge on any atom is 0.255 e. The van der Waals surface area contributed by atoms with E-state index in [0.29, 0.717) is 43.1 Å². The van der Waals surface area contributed by atoms with Crippen LogP contribution in [0.5, 0.6) is 0 Å². The quantitative estimate of drug-likeness (QED) is 0.657. The molecule has 29 heavy (non-hydrogen) atoms. The average molecular weight is 406 g/mol. The Kier molecular flexibility index (Phi) is 5.28. The smallest absolute Gasteiger partial charge is 0.255 e. The monoisotopic (exact) mass is 406 g/mol. The van der Waals surface area contributed by atoms with E-state index in [4.69, 9.17) is 0 Å². The second kappa shape index (κ2) is 8.02. The number of aromatic nitrogens is 1. The molecule has 3 aromatic rings. The van der Waals surface area contributed by atoms with Crippen molar-refractivity contribution >= 4 is 22.9 Å². The Bertz CT molecular complexity index is 1080. The van der Waals surface area contributed by atoms with Crippen molar-refractivity contribution in [3.63, 3.8) is 0 Å². The van der Waals surface area contributed by atoms with Gasteiger partial charge >= 0.3 is 0 Å². The van der Waals surface area contributed by atoms with Crippen LogP contribution >= 0.6 is 11.3 Å². The first kappa shape index (κ1) is 19.1. The summed E-state index contributed by atoms with van der Waals surface area (Å²) in [5.74, 6) is -0.567. The van der Waals surface area contributed by atoms with Crippen molar-refractivity contribution in [1.29, 1.82) is 5.26 Å². The predicted molar refractivity (Wildman–Crippen MR) is 112 cm³/mol. The van der Waals surface area contributed by atoms with Crippen molar-refractivity contribution in [2.45, 2.75) is 6.92 Å². The summed E-state index contributed by atoms with van der Waals surface area (Å²) < 4.78 is 13.9. The zero-order valence-electron chi connectivity index (χ0n) is 15.9. The zero-order valence-corrected chi connectivity index (χ0v) is 16.7. The largest absolute Gasteiger partial charge is 0.367 e. The van der Waals surface area contributed by atoms with Crippen molar-refractivity contribution < 1.29 is 9.18 Å². The molecule has 1 aliphatic rings. The Hall–Kier alpha value is -3.24. The molecule has 1 fully saturated rings. The number of benzene rings is 1. The lowest BCUT2D eigenvalue weighted by Crippen LogP contribution is -2.49. The van der Waals surface area contributed by atoms with E-state index in [9.17, 15) is 14.4 Å². The minimum atomic E-state index is -0.518. The number of hydrogen-bond acceptors (Lipinski definition) is 5. The Balaban J connectivity index is 1.47. The molecule has 0 N–H and O–H groups in total. The molecule has 2 aromatic heterocycles. The van der Waals surface area contributed by atoms with Gasteiger partial charge in [-0.15, -0.1) is 11.3 Å². The van der Waals surface area contributed by atoms with E-state index < -0.39 is 5.82 Å². The SMILES string of the molecule is Cc1nc(-c2cccs2)ccc1C(=O)N1CCN(c2cccc(F)c2C#N)CC1. The number of anilines is 1. The standard InChI is InChI=1S/C22H19FN4OS/c1-15-16(7-8-19(25-15)21-6-3-13-29-21)22(28)27-11-9-26(10-12-27)20-5-2-4-18(23)17(20)14-24/h2-8,13H,9-12H2,1H3. The molecule has 0 saturated carbocycles. The molecular formula is C22H19FN4OS. The van der Waals surface area contributed by atoms with Gasteiger partial charge in [-0.05, 0) is 42.6 Å². The summed E-state index contributed by atoms with van der Waals surface area (Å²) in [7, 11) is 0. The van der Waals surface area contributed by atoms with Crippen LogP contribution in [0.2, 0.25) is 0 Å². The number of nitriles is 1. The van der Waals surface area contributed by atoms with Crippen LogP contribution in [0.3, 0.4) is 0 Å². The maximum atomic E-state index is 13.9. The number of amides is 1. The van der Waals surface area contributed by atoms with Gasteiger partial charge in [-0.1, -0.05) is 12.1 Å². The van der Waals surface area contributed by atoms with Gasteiger partial charge in [0.25, 0.3) is 5.91 Å². The Morgan fingerprint density at radius 1 is 1.14 bits per heavy atom. The number of thiophene rings is 1. The number of rotatable bonds is 3. The van der Waals surface area contributed by atoms with Gasteiger partial charge in [0.05, 0.1) is 27.5 Å². The number of hydrogen-bond donors (Lipinski definition) is 0. The van der Waals surface area contributed by atoms with E-state index in [-0.39, 0.29) is 11.5 Å². The van der Waals surface area contributed by atoms with Gasteiger partial charge in [0.15, 0.2) is 0 Å². The van der Waals surface area contributed by atoms with Crippen LogP contribution in [0, 0.1) is 24.1 Å². The average Bonchev–Trinajstić information content (AvgIpc) is 3.28. The van der Waals surface area contributed by atoms with Crippen LogP contribution in [0.25, 0.3) is 10.6 Å². The number of piperazine rings is 1. The van der Waals surface area contributed by atoms with E-state index in [1.54, 1.807) is 28.4 Å². The summed E-state index contributed by atoms with van der Waals surface area (Å²) in [6.45, 7) is 3.96. The van der Waals surface area contributed by atoms with Crippen molar-refractivity contribution in [2.75, 3.05) is 31.1 Å². The van der Waals surface area contributed by atoms with Gasteiger partial charge in [0.1, 0.15) is 17.4 Å². The summed E-state index contributed by atoms with van der Waals surface area (Å²) in [5, 5.41) is 11.3. The lowest BCUT2D eigenvalue weighted by atomic mass is 10.1. The normalized spacial score (nSPS) is 14.0. The van der Waals surface area contributed by atoms with Crippen molar-refractivity contribution in [3.8, 4) is 16.6 Å². The van der Waals surface area contributed by atoms with Crippen LogP contribution in [0.1, 0.15) is 21.6 Å². The molecule has 146 valence electrons. The minimum Gasteiger partial charge on any atom is -0.367 e. The summed E-state index contributed by atoms with van der Waals surface area (Å²) in [6.07, 6.45) is 0. The molecule has 3 heterocycles. The van der Waals surface area contributed by atoms with Crippen molar-refractivity contribution in [1.82, 2.24) is 9.88 Å². The number of pyridine rings is 1. The molecule has 1 aliphatic heterocycles. The second-order valence-electron chi connectivity index (χ2n) is 6.83. The van der Waals surface area contributed by atoms with Crippen LogP contribution in [-0.2, 0) is 0 Å². The zero-order chi connectivity index (χ0) is 20.4. The molecule has 5 nitrogen and oxygen atoms in total. The van der Waals surface area contributed by atoms with E-state index in [2.05, 4.69) is 4.98 Å². The predicted octanol–water partition coefficient (Wildman–Crippen LogP) is 4.09. The fourth-order valence-corrected chi connectivity index (χ4v) is 4.25. The van der Waals surface area contributed by atoms with E-state index >= 15 is 0 Å². The van der Waals surface area contributed by atoms with Crippen LogP contribution in [-0.4, -0.2) is 42.0 Å². The molecule has 1 amide bonds. The van der Waals surface area contributed by atoms with Crippen LogP contribution < -0.4 is 4.90 Å². The summed E-state index contributed by atoms with van der Waals surface area (Å²) in [4.78, 5) is 22.4. The molecule has 7 heteroatoms. The van der Waals surface area contributed by atoms with E-state index in [1.165, 1.54) is 6.07 Å². The highest BCUT2D eigenvalue weighted by Crippen LogP contribution is 2.26. The third-order valence-electron chi connectivity index (χ3n) is 5.10. The van der Waals surface area contributed by atoms with Crippen LogP contribution in [0.15, 0.2) is 47.8 Å². The summed E-state index contributed by atoms with van der Waals surface area (Å²) >= 11 is 1.62. The summed E-state index contributed by atoms with van der Waals surface area (Å²) in [6, 6.07) is 14.3. The topological polar surface area (TPSA) is 60.2 Å². The summed E-state index contributed by atoms with van der Waals surface area (Å²) in [5.41, 5.74) is 2.81. The fourth-order valence-electron chi connectivity index (χ4n) is 3.56. The van der Waals surface area contributed by atoms with Gasteiger partial charge in [-0.3, -0.25) is 9.78 Å². The van der Waals surface area contributed by atoms with Crippen molar-refractivity contribution in [3.05, 3.63) is 70.5 Å². The van der Waals surface area contributed by atoms with Gasteiger partial charge in [0, 0.05) is 26.2 Å². The third-order valence-corrected chi connectivity index (χ3v) is 5.99. The third kappa shape index (κ3) is 3.71. The fraction of sp³-hybridized carbons (Fsp3) is 0.227. The molecule has 0 spiro atoms. The van der Waals surface area contributed by atoms with E-state index in [0.717, 1.165) is 10.6 Å². The van der Waals surface area contributed by atoms with E-state index in [1.807, 2.05) is 47.5 Å². The van der Waals surface area contributed by atoms with Gasteiger partial charge in [0.2, 0.25) is 0 Å². The number of carbonyl (C=O) groups is 1. The number of halogens is 1. The Morgan fingerprint density at radius 2 is 1.93 bits per heavy atom. The van der Waals surface area contributed by atoms with Crippen molar-refractivity contribution in [2.24, 2.45) is 0 Å². The first-order chi connectivity index (χ1) is 14.1. The van der Waals surface area contributed by atoms with Crippen LogP contribution in [0.4, 0.5) is 10.1 Å². The highest BCUT2D eigenvalue weighted by Gasteiger charge is 2.25. The Morgan fingerprint density at radius 3 is 2.59 bits per heavy atom. The molecule has 0 atom stereocenters. The first-order valence-electron chi connectivity index (χ1n) is 9.33. The Labute approximate surface area is 172 Å². The number of aryl methyl sites for hydroxylation is 1. The molecule has 0 bridgehead atoms. The first-order valence-corrected chi connectivity index (χ1v) is 10.2. The lowest BCUT2D eigenvalue weighted by Gasteiger charge is -2.36.